The van der Waals surface area contributed by atoms with Crippen LogP contribution in [0.3, 0.4) is 0 Å². The number of piperidine rings is 1. The van der Waals surface area contributed by atoms with Crippen molar-refractivity contribution in [3.63, 3.8) is 0 Å². The van der Waals surface area contributed by atoms with Gasteiger partial charge in [-0.2, -0.15) is 0 Å². The zero-order chi connectivity index (χ0) is 12.4. The van der Waals surface area contributed by atoms with Gasteiger partial charge in [0.1, 0.15) is 6.29 Å². The predicted octanol–water partition coefficient (Wildman–Crippen LogP) is 2.59. The SMILES string of the molecule is O=CC1CCN(Cc2ccc3c(c2)CCC3)CC1. The minimum absolute atomic E-state index is 0.307. The molecule has 0 amide bonds. The Morgan fingerprint density at radius 2 is 1.94 bits per heavy atom. The molecule has 1 aliphatic heterocycles. The predicted molar refractivity (Wildman–Crippen MR) is 72.5 cm³/mol. The molecule has 1 aliphatic carbocycles. The molecule has 0 spiro atoms. The van der Waals surface area contributed by atoms with Crippen LogP contribution < -0.4 is 0 Å². The molecular formula is C16H21NO. The second-order valence-corrected chi connectivity index (χ2v) is 5.71. The van der Waals surface area contributed by atoms with Gasteiger partial charge in [-0.3, -0.25) is 4.90 Å². The van der Waals surface area contributed by atoms with Gasteiger partial charge in [0, 0.05) is 12.5 Å². The summed E-state index contributed by atoms with van der Waals surface area (Å²) in [5.41, 5.74) is 4.56. The lowest BCUT2D eigenvalue weighted by atomic mass is 9.98. The van der Waals surface area contributed by atoms with Crippen molar-refractivity contribution in [3.05, 3.63) is 34.9 Å². The Balaban J connectivity index is 1.61. The fourth-order valence-electron chi connectivity index (χ4n) is 3.23. The van der Waals surface area contributed by atoms with E-state index in [1.165, 1.54) is 24.8 Å². The molecular weight excluding hydrogens is 222 g/mol. The van der Waals surface area contributed by atoms with E-state index >= 15 is 0 Å². The number of benzene rings is 1. The highest BCUT2D eigenvalue weighted by molar-refractivity contribution is 5.53. The van der Waals surface area contributed by atoms with Gasteiger partial charge in [0.15, 0.2) is 0 Å². The monoisotopic (exact) mass is 243 g/mol. The number of carbonyl (C=O) groups excluding carboxylic acids is 1. The standard InChI is InChI=1S/C16H21NO/c18-12-13-6-8-17(9-7-13)11-14-4-5-15-2-1-3-16(15)10-14/h4-5,10,12-13H,1-3,6-9,11H2. The van der Waals surface area contributed by atoms with Crippen molar-refractivity contribution in [1.82, 2.24) is 4.90 Å². The molecule has 1 saturated heterocycles. The maximum absolute atomic E-state index is 10.7. The number of aldehydes is 1. The number of hydrogen-bond acceptors (Lipinski definition) is 2. The number of aryl methyl sites for hydroxylation is 2. The van der Waals surface area contributed by atoms with Crippen LogP contribution in [-0.2, 0) is 24.2 Å². The average molecular weight is 243 g/mol. The first-order chi connectivity index (χ1) is 8.85. The van der Waals surface area contributed by atoms with Crippen LogP contribution in [0.5, 0.6) is 0 Å². The van der Waals surface area contributed by atoms with E-state index < -0.39 is 0 Å². The van der Waals surface area contributed by atoms with E-state index in [1.54, 1.807) is 11.1 Å². The summed E-state index contributed by atoms with van der Waals surface area (Å²) in [7, 11) is 0. The lowest BCUT2D eigenvalue weighted by molar-refractivity contribution is -0.112. The highest BCUT2D eigenvalue weighted by atomic mass is 16.1. The van der Waals surface area contributed by atoms with Gasteiger partial charge < -0.3 is 4.79 Å². The number of likely N-dealkylation sites (tertiary alicyclic amines) is 1. The molecule has 3 rings (SSSR count). The number of hydrogen-bond donors (Lipinski definition) is 0. The van der Waals surface area contributed by atoms with Crippen molar-refractivity contribution in [2.45, 2.75) is 38.6 Å². The molecule has 0 saturated carbocycles. The van der Waals surface area contributed by atoms with Gasteiger partial charge in [0.2, 0.25) is 0 Å². The van der Waals surface area contributed by atoms with Crippen LogP contribution in [0.15, 0.2) is 18.2 Å². The number of rotatable bonds is 3. The number of nitrogens with zero attached hydrogens (tertiary/aromatic N) is 1. The lowest BCUT2D eigenvalue weighted by Crippen LogP contribution is -2.33. The van der Waals surface area contributed by atoms with Crippen LogP contribution in [-0.4, -0.2) is 24.3 Å². The van der Waals surface area contributed by atoms with Gasteiger partial charge in [-0.05, 0) is 61.9 Å². The maximum Gasteiger partial charge on any atom is 0.123 e. The Kier molecular flexibility index (Phi) is 3.46. The molecule has 0 unspecified atom stereocenters. The number of fused-ring (bicyclic) bond motifs is 1. The van der Waals surface area contributed by atoms with Crippen LogP contribution in [0, 0.1) is 5.92 Å². The second-order valence-electron chi connectivity index (χ2n) is 5.71. The topological polar surface area (TPSA) is 20.3 Å². The Labute approximate surface area is 109 Å². The summed E-state index contributed by atoms with van der Waals surface area (Å²) in [6.07, 6.45) is 7.05. The fraction of sp³-hybridized carbons (Fsp3) is 0.562. The van der Waals surface area contributed by atoms with Crippen LogP contribution >= 0.6 is 0 Å². The van der Waals surface area contributed by atoms with Crippen molar-refractivity contribution >= 4 is 6.29 Å². The van der Waals surface area contributed by atoms with Crippen LogP contribution in [0.2, 0.25) is 0 Å². The van der Waals surface area contributed by atoms with Gasteiger partial charge >= 0.3 is 0 Å². The molecule has 0 N–H and O–H groups in total. The van der Waals surface area contributed by atoms with E-state index in [4.69, 9.17) is 0 Å². The Bertz CT molecular complexity index is 433. The van der Waals surface area contributed by atoms with Gasteiger partial charge in [-0.15, -0.1) is 0 Å². The Morgan fingerprint density at radius 1 is 1.17 bits per heavy atom. The van der Waals surface area contributed by atoms with Crippen molar-refractivity contribution in [3.8, 4) is 0 Å². The third kappa shape index (κ3) is 2.49. The molecule has 1 aromatic rings. The smallest absolute Gasteiger partial charge is 0.123 e. The fourth-order valence-corrected chi connectivity index (χ4v) is 3.23. The van der Waals surface area contributed by atoms with Crippen LogP contribution in [0.4, 0.5) is 0 Å². The molecule has 1 fully saturated rings. The minimum Gasteiger partial charge on any atom is -0.303 e. The van der Waals surface area contributed by atoms with E-state index in [1.807, 2.05) is 0 Å². The van der Waals surface area contributed by atoms with Gasteiger partial charge in [-0.25, -0.2) is 0 Å². The third-order valence-corrected chi connectivity index (χ3v) is 4.39. The van der Waals surface area contributed by atoms with Crippen molar-refractivity contribution < 1.29 is 4.79 Å². The second kappa shape index (κ2) is 5.23. The summed E-state index contributed by atoms with van der Waals surface area (Å²) in [6.45, 7) is 3.19. The van der Waals surface area contributed by atoms with Crippen molar-refractivity contribution in [2.24, 2.45) is 5.92 Å². The van der Waals surface area contributed by atoms with E-state index in [2.05, 4.69) is 23.1 Å². The average Bonchev–Trinajstić information content (AvgIpc) is 2.87. The van der Waals surface area contributed by atoms with E-state index in [-0.39, 0.29) is 0 Å². The Hall–Kier alpha value is -1.15. The summed E-state index contributed by atoms with van der Waals surface area (Å²) in [4.78, 5) is 13.2. The first-order valence-electron chi connectivity index (χ1n) is 7.13. The maximum atomic E-state index is 10.7. The first kappa shape index (κ1) is 11.9. The number of carbonyl (C=O) groups is 1. The van der Waals surface area contributed by atoms with Crippen molar-refractivity contribution in [2.75, 3.05) is 13.1 Å². The summed E-state index contributed by atoms with van der Waals surface area (Å²) in [5, 5.41) is 0. The largest absolute Gasteiger partial charge is 0.303 e. The third-order valence-electron chi connectivity index (χ3n) is 4.39. The summed E-state index contributed by atoms with van der Waals surface area (Å²) in [5.74, 6) is 0.307. The van der Waals surface area contributed by atoms with E-state index in [0.717, 1.165) is 38.8 Å². The zero-order valence-electron chi connectivity index (χ0n) is 10.9. The minimum atomic E-state index is 0.307. The molecule has 96 valence electrons. The normalized spacial score (nSPS) is 20.9. The zero-order valence-corrected chi connectivity index (χ0v) is 10.9. The quantitative estimate of drug-likeness (QED) is 0.761. The molecule has 2 aliphatic rings. The molecule has 1 heterocycles. The van der Waals surface area contributed by atoms with Crippen LogP contribution in [0.1, 0.15) is 36.0 Å². The molecule has 18 heavy (non-hydrogen) atoms. The molecule has 2 heteroatoms. The van der Waals surface area contributed by atoms with Gasteiger partial charge in [0.05, 0.1) is 0 Å². The molecule has 0 aromatic heterocycles. The molecule has 2 nitrogen and oxygen atoms in total. The molecule has 0 atom stereocenters. The molecule has 0 bridgehead atoms. The van der Waals surface area contributed by atoms with Crippen molar-refractivity contribution in [1.29, 1.82) is 0 Å². The van der Waals surface area contributed by atoms with E-state index in [9.17, 15) is 4.79 Å². The summed E-state index contributed by atoms with van der Waals surface area (Å²) in [6, 6.07) is 7.00. The van der Waals surface area contributed by atoms with Gasteiger partial charge in [-0.1, -0.05) is 18.2 Å². The first-order valence-corrected chi connectivity index (χ1v) is 7.13. The lowest BCUT2D eigenvalue weighted by Gasteiger charge is -2.29. The van der Waals surface area contributed by atoms with Crippen LogP contribution in [0.25, 0.3) is 0 Å². The van der Waals surface area contributed by atoms with Gasteiger partial charge in [0.25, 0.3) is 0 Å². The Morgan fingerprint density at radius 3 is 2.72 bits per heavy atom. The summed E-state index contributed by atoms with van der Waals surface area (Å²) >= 11 is 0. The molecule has 1 aromatic carbocycles. The molecule has 0 radical (unpaired) electrons. The highest BCUT2D eigenvalue weighted by Crippen LogP contribution is 2.24. The van der Waals surface area contributed by atoms with E-state index in [0.29, 0.717) is 5.92 Å². The highest BCUT2D eigenvalue weighted by Gasteiger charge is 2.19. The summed E-state index contributed by atoms with van der Waals surface area (Å²) < 4.78 is 0.